The molecule has 5 nitrogen and oxygen atoms in total. The van der Waals surface area contributed by atoms with Crippen LogP contribution in [0, 0.1) is 11.8 Å². The Morgan fingerprint density at radius 1 is 1.07 bits per heavy atom. The zero-order chi connectivity index (χ0) is 20.1. The summed E-state index contributed by atoms with van der Waals surface area (Å²) < 4.78 is 25.8. The van der Waals surface area contributed by atoms with Gasteiger partial charge in [-0.05, 0) is 47.6 Å². The number of aromatic nitrogens is 1. The van der Waals surface area contributed by atoms with E-state index in [-0.39, 0.29) is 10.5 Å². The second-order valence-corrected chi connectivity index (χ2v) is 10.8. The van der Waals surface area contributed by atoms with Crippen molar-refractivity contribution in [3.8, 4) is 11.1 Å². The largest absolute Gasteiger partial charge is 0.312 e. The fourth-order valence-electron chi connectivity index (χ4n) is 4.80. The predicted molar refractivity (Wildman–Crippen MR) is 111 cm³/mol. The van der Waals surface area contributed by atoms with Gasteiger partial charge in [-0.1, -0.05) is 26.0 Å². The molecule has 0 amide bonds. The molecule has 2 aromatic rings. The molecule has 1 aromatic carbocycles. The molecule has 2 aliphatic heterocycles. The first-order valence-electron chi connectivity index (χ1n) is 9.98. The molecule has 0 unspecified atom stereocenters. The number of likely N-dealkylation sites (tertiary alicyclic amines) is 1. The molecule has 2 aliphatic rings. The Hall–Kier alpha value is -1.92. The fourth-order valence-corrected chi connectivity index (χ4v) is 5.46. The van der Waals surface area contributed by atoms with Gasteiger partial charge in [0.2, 0.25) is 0 Å². The Balaban J connectivity index is 1.73. The van der Waals surface area contributed by atoms with E-state index in [9.17, 15) is 13.2 Å². The second kappa shape index (κ2) is 7.16. The summed E-state index contributed by atoms with van der Waals surface area (Å²) in [6.07, 6.45) is 2.33. The molecule has 4 rings (SSSR count). The van der Waals surface area contributed by atoms with Gasteiger partial charge in [-0.15, -0.1) is 0 Å². The van der Waals surface area contributed by atoms with Gasteiger partial charge in [-0.2, -0.15) is 0 Å². The molecular formula is C22H28N2O3S. The number of fused-ring (bicyclic) bond motifs is 4. The number of nitrogens with zero attached hydrogens (tertiary/aromatic N) is 2. The zero-order valence-electron chi connectivity index (χ0n) is 16.8. The van der Waals surface area contributed by atoms with Gasteiger partial charge >= 0.3 is 0 Å². The number of rotatable bonds is 4. The highest BCUT2D eigenvalue weighted by molar-refractivity contribution is 7.90. The number of piperidine rings is 1. The second-order valence-electron chi connectivity index (χ2n) is 8.83. The molecule has 1 fully saturated rings. The molecule has 2 bridgehead atoms. The van der Waals surface area contributed by atoms with Crippen molar-refractivity contribution in [3.05, 3.63) is 52.4 Å². The lowest BCUT2D eigenvalue weighted by molar-refractivity contribution is 0.109. The monoisotopic (exact) mass is 400 g/mol. The van der Waals surface area contributed by atoms with Gasteiger partial charge in [0.25, 0.3) is 5.56 Å². The summed E-state index contributed by atoms with van der Waals surface area (Å²) in [5.41, 5.74) is 2.70. The van der Waals surface area contributed by atoms with Crippen LogP contribution in [0.5, 0.6) is 0 Å². The molecule has 0 saturated carbocycles. The average Bonchev–Trinajstić information content (AvgIpc) is 2.61. The number of hydrogen-bond acceptors (Lipinski definition) is 4. The van der Waals surface area contributed by atoms with Crippen LogP contribution >= 0.6 is 0 Å². The highest BCUT2D eigenvalue weighted by Gasteiger charge is 2.35. The normalized spacial score (nSPS) is 22.3. The van der Waals surface area contributed by atoms with Gasteiger partial charge in [-0.25, -0.2) is 8.42 Å². The Kier molecular flexibility index (Phi) is 4.96. The van der Waals surface area contributed by atoms with Crippen LogP contribution in [-0.4, -0.2) is 43.8 Å². The van der Waals surface area contributed by atoms with Crippen molar-refractivity contribution in [2.45, 2.75) is 37.6 Å². The molecule has 3 heterocycles. The van der Waals surface area contributed by atoms with Crippen molar-refractivity contribution >= 4 is 9.84 Å². The van der Waals surface area contributed by atoms with E-state index in [4.69, 9.17) is 0 Å². The van der Waals surface area contributed by atoms with E-state index in [1.165, 1.54) is 6.26 Å². The van der Waals surface area contributed by atoms with Crippen LogP contribution in [0.25, 0.3) is 11.1 Å². The minimum absolute atomic E-state index is 0.0178. The van der Waals surface area contributed by atoms with E-state index in [0.717, 1.165) is 49.4 Å². The van der Waals surface area contributed by atoms with Crippen LogP contribution in [0.2, 0.25) is 0 Å². The number of pyridine rings is 1. The van der Waals surface area contributed by atoms with Crippen molar-refractivity contribution in [2.24, 2.45) is 11.8 Å². The molecule has 2 atom stereocenters. The van der Waals surface area contributed by atoms with Gasteiger partial charge < -0.3 is 9.47 Å². The minimum atomic E-state index is -3.28. The summed E-state index contributed by atoms with van der Waals surface area (Å²) >= 11 is 0. The smallest absolute Gasteiger partial charge is 0.251 e. The summed E-state index contributed by atoms with van der Waals surface area (Å²) in [6, 6.07) is 10.6. The molecule has 0 spiro atoms. The lowest BCUT2D eigenvalue weighted by Crippen LogP contribution is -2.48. The quantitative estimate of drug-likeness (QED) is 0.792. The minimum Gasteiger partial charge on any atom is -0.312 e. The maximum Gasteiger partial charge on any atom is 0.251 e. The molecule has 1 aromatic heterocycles. The van der Waals surface area contributed by atoms with Gasteiger partial charge in [0, 0.05) is 50.1 Å². The van der Waals surface area contributed by atoms with Crippen molar-refractivity contribution in [1.29, 1.82) is 0 Å². The van der Waals surface area contributed by atoms with E-state index in [1.807, 2.05) is 10.6 Å². The summed E-state index contributed by atoms with van der Waals surface area (Å²) in [4.78, 5) is 15.7. The third-order valence-electron chi connectivity index (χ3n) is 5.85. The standard InChI is InChI=1S/C22H28N2O3S/c1-15(2)11-23-12-16-7-19(14-23)21-9-18(10-22(25)24(21)13-16)17-5-4-6-20(8-17)28(3,26)27/h4-6,8-10,15-16,19H,7,11-14H2,1-3H3/t16-,19+/m0/s1. The molecule has 150 valence electrons. The van der Waals surface area contributed by atoms with Crippen LogP contribution in [-0.2, 0) is 16.4 Å². The zero-order valence-corrected chi connectivity index (χ0v) is 17.6. The molecule has 0 radical (unpaired) electrons. The first-order chi connectivity index (χ1) is 13.2. The Morgan fingerprint density at radius 3 is 2.57 bits per heavy atom. The highest BCUT2D eigenvalue weighted by atomic mass is 32.2. The Morgan fingerprint density at radius 2 is 1.86 bits per heavy atom. The summed E-state index contributed by atoms with van der Waals surface area (Å²) in [6.45, 7) is 8.42. The average molecular weight is 401 g/mol. The van der Waals surface area contributed by atoms with E-state index >= 15 is 0 Å². The van der Waals surface area contributed by atoms with Crippen molar-refractivity contribution in [2.75, 3.05) is 25.9 Å². The first kappa shape index (κ1) is 19.4. The summed E-state index contributed by atoms with van der Waals surface area (Å²) in [5, 5.41) is 0. The third kappa shape index (κ3) is 3.80. The maximum absolute atomic E-state index is 12.9. The number of benzene rings is 1. The maximum atomic E-state index is 12.9. The van der Waals surface area contributed by atoms with Gasteiger partial charge in [0.15, 0.2) is 9.84 Å². The third-order valence-corrected chi connectivity index (χ3v) is 6.96. The number of hydrogen-bond donors (Lipinski definition) is 0. The van der Waals surface area contributed by atoms with E-state index in [1.54, 1.807) is 24.3 Å². The Bertz CT molecular complexity index is 1060. The topological polar surface area (TPSA) is 59.4 Å². The van der Waals surface area contributed by atoms with Crippen molar-refractivity contribution in [1.82, 2.24) is 9.47 Å². The van der Waals surface area contributed by atoms with Gasteiger partial charge in [0.05, 0.1) is 4.90 Å². The molecular weight excluding hydrogens is 372 g/mol. The first-order valence-corrected chi connectivity index (χ1v) is 11.9. The van der Waals surface area contributed by atoms with Crippen LogP contribution < -0.4 is 5.56 Å². The van der Waals surface area contributed by atoms with Crippen LogP contribution in [0.4, 0.5) is 0 Å². The van der Waals surface area contributed by atoms with Crippen molar-refractivity contribution in [3.63, 3.8) is 0 Å². The molecule has 0 N–H and O–H groups in total. The summed E-state index contributed by atoms with van der Waals surface area (Å²) in [7, 11) is -3.28. The molecule has 0 aliphatic carbocycles. The van der Waals surface area contributed by atoms with Crippen LogP contribution in [0.15, 0.2) is 46.1 Å². The van der Waals surface area contributed by atoms with Crippen molar-refractivity contribution < 1.29 is 8.42 Å². The lowest BCUT2D eigenvalue weighted by Gasteiger charge is -2.43. The number of sulfone groups is 1. The predicted octanol–water partition coefficient (Wildman–Crippen LogP) is 2.99. The van der Waals surface area contributed by atoms with Gasteiger partial charge in [0.1, 0.15) is 0 Å². The lowest BCUT2D eigenvalue weighted by atomic mass is 9.82. The molecule has 28 heavy (non-hydrogen) atoms. The van der Waals surface area contributed by atoms with Crippen LogP contribution in [0.1, 0.15) is 31.9 Å². The SMILES string of the molecule is CC(C)CN1C[C@@H]2C[C@H](C1)c1cc(-c3cccc(S(C)(=O)=O)c3)cc(=O)n1C2. The molecule has 6 heteroatoms. The van der Waals surface area contributed by atoms with E-state index in [0.29, 0.717) is 17.8 Å². The van der Waals surface area contributed by atoms with Crippen LogP contribution in [0.3, 0.4) is 0 Å². The van der Waals surface area contributed by atoms with E-state index < -0.39 is 9.84 Å². The van der Waals surface area contributed by atoms with E-state index in [2.05, 4.69) is 24.8 Å². The highest BCUT2D eigenvalue weighted by Crippen LogP contribution is 2.37. The fraction of sp³-hybridized carbons (Fsp3) is 0.500. The molecule has 1 saturated heterocycles. The summed E-state index contributed by atoms with van der Waals surface area (Å²) in [5.74, 6) is 1.52. The Labute approximate surface area is 166 Å². The van der Waals surface area contributed by atoms with Gasteiger partial charge in [-0.3, -0.25) is 4.79 Å².